The summed E-state index contributed by atoms with van der Waals surface area (Å²) in [5.41, 5.74) is 1.43. The topological polar surface area (TPSA) is 24.1 Å². The van der Waals surface area contributed by atoms with Crippen molar-refractivity contribution in [3.8, 4) is 0 Å². The van der Waals surface area contributed by atoms with Gasteiger partial charge in [-0.1, -0.05) is 19.8 Å². The Hall–Kier alpha value is -0.890. The van der Waals surface area contributed by atoms with Crippen LogP contribution in [0.1, 0.15) is 44.6 Å². The molecule has 0 bridgehead atoms. The molecule has 0 aliphatic rings. The van der Waals surface area contributed by atoms with Crippen molar-refractivity contribution in [2.24, 2.45) is 0 Å². The average Bonchev–Trinajstić information content (AvgIpc) is 2.30. The van der Waals surface area contributed by atoms with Gasteiger partial charge in [-0.15, -0.1) is 0 Å². The smallest absolute Gasteiger partial charge is 0.171 e. The SMILES string of the molecule is CCCc1ccc[n+](CCCCCCO)c1. The van der Waals surface area contributed by atoms with Gasteiger partial charge in [0.05, 0.1) is 0 Å². The normalized spacial score (nSPS) is 10.6. The third-order valence-corrected chi connectivity index (χ3v) is 2.78. The minimum Gasteiger partial charge on any atom is -0.396 e. The molecular weight excluding hydrogens is 198 g/mol. The van der Waals surface area contributed by atoms with Gasteiger partial charge in [0.2, 0.25) is 0 Å². The number of aliphatic hydroxyl groups excluding tert-OH is 1. The van der Waals surface area contributed by atoms with Crippen LogP contribution < -0.4 is 4.57 Å². The third-order valence-electron chi connectivity index (χ3n) is 2.78. The molecule has 1 rings (SSSR count). The lowest BCUT2D eigenvalue weighted by Gasteiger charge is -2.00. The van der Waals surface area contributed by atoms with Crippen LogP contribution in [0.4, 0.5) is 0 Å². The molecule has 1 aromatic rings. The Morgan fingerprint density at radius 1 is 1.19 bits per heavy atom. The highest BCUT2D eigenvalue weighted by Gasteiger charge is 2.01. The first-order chi connectivity index (χ1) is 7.86. The van der Waals surface area contributed by atoms with E-state index >= 15 is 0 Å². The van der Waals surface area contributed by atoms with Crippen LogP contribution in [0, 0.1) is 0 Å². The van der Waals surface area contributed by atoms with Crippen LogP contribution in [0.5, 0.6) is 0 Å². The van der Waals surface area contributed by atoms with Gasteiger partial charge in [-0.25, -0.2) is 4.57 Å². The molecule has 0 aliphatic heterocycles. The zero-order valence-corrected chi connectivity index (χ0v) is 10.4. The average molecular weight is 222 g/mol. The molecule has 1 N–H and O–H groups in total. The van der Waals surface area contributed by atoms with E-state index < -0.39 is 0 Å². The van der Waals surface area contributed by atoms with Crippen LogP contribution in [0.15, 0.2) is 24.5 Å². The van der Waals surface area contributed by atoms with Gasteiger partial charge in [0.25, 0.3) is 0 Å². The highest BCUT2D eigenvalue weighted by molar-refractivity contribution is 5.04. The molecule has 0 aliphatic carbocycles. The second kappa shape index (κ2) is 8.28. The quantitative estimate of drug-likeness (QED) is 0.530. The van der Waals surface area contributed by atoms with Crippen molar-refractivity contribution in [2.75, 3.05) is 6.61 Å². The number of aromatic nitrogens is 1. The van der Waals surface area contributed by atoms with Gasteiger partial charge in [0.1, 0.15) is 6.54 Å². The molecule has 0 saturated carbocycles. The standard InChI is InChI=1S/C14H24NO/c1-2-8-14-9-7-11-15(13-14)10-5-3-4-6-12-16/h7,9,11,13,16H,2-6,8,10,12H2,1H3/q+1. The molecule has 2 nitrogen and oxygen atoms in total. The number of aryl methyl sites for hydroxylation is 2. The third kappa shape index (κ3) is 5.26. The lowest BCUT2D eigenvalue weighted by Crippen LogP contribution is -2.33. The van der Waals surface area contributed by atoms with E-state index in [1.165, 1.54) is 31.2 Å². The highest BCUT2D eigenvalue weighted by Crippen LogP contribution is 2.01. The summed E-state index contributed by atoms with van der Waals surface area (Å²) in [6.07, 6.45) is 11.3. The lowest BCUT2D eigenvalue weighted by molar-refractivity contribution is -0.697. The van der Waals surface area contributed by atoms with Crippen molar-refractivity contribution in [3.63, 3.8) is 0 Å². The van der Waals surface area contributed by atoms with E-state index in [-0.39, 0.29) is 0 Å². The number of rotatable bonds is 8. The molecular formula is C14H24NO+. The van der Waals surface area contributed by atoms with Crippen molar-refractivity contribution < 1.29 is 9.67 Å². The maximum absolute atomic E-state index is 8.67. The summed E-state index contributed by atoms with van der Waals surface area (Å²) in [7, 11) is 0. The predicted molar refractivity (Wildman–Crippen MR) is 66.2 cm³/mol. The van der Waals surface area contributed by atoms with Gasteiger partial charge < -0.3 is 5.11 Å². The van der Waals surface area contributed by atoms with E-state index in [2.05, 4.69) is 36.0 Å². The Morgan fingerprint density at radius 3 is 2.75 bits per heavy atom. The number of unbranched alkanes of at least 4 members (excludes halogenated alkanes) is 3. The van der Waals surface area contributed by atoms with Crippen LogP contribution in [-0.2, 0) is 13.0 Å². The summed E-state index contributed by atoms with van der Waals surface area (Å²) < 4.78 is 2.28. The molecule has 90 valence electrons. The summed E-state index contributed by atoms with van der Waals surface area (Å²) in [5, 5.41) is 8.67. The van der Waals surface area contributed by atoms with Gasteiger partial charge in [0.15, 0.2) is 12.4 Å². The largest absolute Gasteiger partial charge is 0.396 e. The summed E-state index contributed by atoms with van der Waals surface area (Å²) in [5.74, 6) is 0. The van der Waals surface area contributed by atoms with Crippen molar-refractivity contribution >= 4 is 0 Å². The molecule has 0 saturated heterocycles. The predicted octanol–water partition coefficient (Wildman–Crippen LogP) is 2.48. The monoisotopic (exact) mass is 222 g/mol. The molecule has 0 spiro atoms. The molecule has 0 atom stereocenters. The summed E-state index contributed by atoms with van der Waals surface area (Å²) in [6.45, 7) is 3.65. The fourth-order valence-corrected chi connectivity index (χ4v) is 1.91. The molecule has 16 heavy (non-hydrogen) atoms. The van der Waals surface area contributed by atoms with E-state index in [4.69, 9.17) is 5.11 Å². The van der Waals surface area contributed by atoms with Gasteiger partial charge in [-0.2, -0.15) is 0 Å². The molecule has 1 aromatic heterocycles. The zero-order valence-electron chi connectivity index (χ0n) is 10.4. The molecule has 0 unspecified atom stereocenters. The van der Waals surface area contributed by atoms with E-state index in [9.17, 15) is 0 Å². The fraction of sp³-hybridized carbons (Fsp3) is 0.643. The molecule has 0 radical (unpaired) electrons. The molecule has 0 amide bonds. The fourth-order valence-electron chi connectivity index (χ4n) is 1.91. The van der Waals surface area contributed by atoms with Crippen molar-refractivity contribution in [3.05, 3.63) is 30.1 Å². The first-order valence-corrected chi connectivity index (χ1v) is 6.45. The number of nitrogens with zero attached hydrogens (tertiary/aromatic N) is 1. The van der Waals surface area contributed by atoms with Gasteiger partial charge in [0, 0.05) is 24.7 Å². The van der Waals surface area contributed by atoms with Crippen LogP contribution in [0.3, 0.4) is 0 Å². The summed E-state index contributed by atoms with van der Waals surface area (Å²) in [6, 6.07) is 4.34. The minimum absolute atomic E-state index is 0.332. The molecule has 0 fully saturated rings. The van der Waals surface area contributed by atoms with Crippen molar-refractivity contribution in [1.29, 1.82) is 0 Å². The number of hydrogen-bond donors (Lipinski definition) is 1. The van der Waals surface area contributed by atoms with Gasteiger partial charge in [-0.3, -0.25) is 0 Å². The Bertz CT molecular complexity index is 286. The van der Waals surface area contributed by atoms with Crippen molar-refractivity contribution in [2.45, 2.75) is 52.0 Å². The first kappa shape index (κ1) is 13.2. The highest BCUT2D eigenvalue weighted by atomic mass is 16.2. The number of aliphatic hydroxyl groups is 1. The Balaban J connectivity index is 2.27. The van der Waals surface area contributed by atoms with Crippen LogP contribution in [0.25, 0.3) is 0 Å². The van der Waals surface area contributed by atoms with E-state index in [0.29, 0.717) is 6.61 Å². The van der Waals surface area contributed by atoms with Gasteiger partial charge >= 0.3 is 0 Å². The lowest BCUT2D eigenvalue weighted by atomic mass is 10.1. The maximum Gasteiger partial charge on any atom is 0.171 e. The maximum atomic E-state index is 8.67. The Kier molecular flexibility index (Phi) is 6.82. The second-order valence-electron chi connectivity index (χ2n) is 4.34. The number of hydrogen-bond acceptors (Lipinski definition) is 1. The van der Waals surface area contributed by atoms with Crippen LogP contribution in [-0.4, -0.2) is 11.7 Å². The van der Waals surface area contributed by atoms with Crippen molar-refractivity contribution in [1.82, 2.24) is 0 Å². The van der Waals surface area contributed by atoms with Gasteiger partial charge in [-0.05, 0) is 25.3 Å². The van der Waals surface area contributed by atoms with Crippen LogP contribution >= 0.6 is 0 Å². The summed E-state index contributed by atoms with van der Waals surface area (Å²) >= 11 is 0. The van der Waals surface area contributed by atoms with Crippen LogP contribution in [0.2, 0.25) is 0 Å². The zero-order chi connectivity index (χ0) is 11.6. The van der Waals surface area contributed by atoms with E-state index in [1.807, 2.05) is 0 Å². The first-order valence-electron chi connectivity index (χ1n) is 6.45. The minimum atomic E-state index is 0.332. The Morgan fingerprint density at radius 2 is 2.00 bits per heavy atom. The summed E-state index contributed by atoms with van der Waals surface area (Å²) in [4.78, 5) is 0. The second-order valence-corrected chi connectivity index (χ2v) is 4.34. The molecule has 2 heteroatoms. The molecule has 1 heterocycles. The Labute approximate surface area is 98.9 Å². The van der Waals surface area contributed by atoms with E-state index in [1.54, 1.807) is 0 Å². The van der Waals surface area contributed by atoms with E-state index in [0.717, 1.165) is 19.4 Å². The molecule has 0 aromatic carbocycles. The number of pyridine rings is 1.